The molecule has 13 heteroatoms. The predicted octanol–water partition coefficient (Wildman–Crippen LogP) is 5.07. The summed E-state index contributed by atoms with van der Waals surface area (Å²) in [7, 11) is 0. The van der Waals surface area contributed by atoms with Crippen molar-refractivity contribution in [1.82, 2.24) is 14.0 Å². The van der Waals surface area contributed by atoms with Crippen molar-refractivity contribution in [1.29, 1.82) is 0 Å². The van der Waals surface area contributed by atoms with Crippen molar-refractivity contribution in [2.75, 3.05) is 6.54 Å². The van der Waals surface area contributed by atoms with E-state index in [1.165, 1.54) is 6.07 Å². The Balaban J connectivity index is 1.58. The van der Waals surface area contributed by atoms with Gasteiger partial charge in [-0.3, -0.25) is 9.36 Å². The van der Waals surface area contributed by atoms with E-state index >= 15 is 0 Å². The monoisotopic (exact) mass is 508 g/mol. The minimum absolute atomic E-state index is 0.0723. The highest BCUT2D eigenvalue weighted by Gasteiger charge is 2.50. The number of benzene rings is 2. The van der Waals surface area contributed by atoms with Crippen LogP contribution in [0.4, 0.5) is 32.0 Å². The van der Waals surface area contributed by atoms with Gasteiger partial charge < -0.3 is 10.0 Å². The van der Waals surface area contributed by atoms with Crippen LogP contribution in [0.3, 0.4) is 0 Å². The molecule has 1 amide bonds. The fourth-order valence-corrected chi connectivity index (χ4v) is 4.96. The molecule has 2 aromatic carbocycles. The highest BCUT2D eigenvalue weighted by molar-refractivity contribution is 5.96. The van der Waals surface area contributed by atoms with Crippen molar-refractivity contribution in [3.8, 4) is 11.6 Å². The number of carbonyl (C=O) groups is 1. The highest BCUT2D eigenvalue weighted by atomic mass is 19.4. The molecule has 2 aliphatic rings. The van der Waals surface area contributed by atoms with Gasteiger partial charge in [0.1, 0.15) is 5.69 Å². The van der Waals surface area contributed by atoms with Crippen LogP contribution in [0.1, 0.15) is 45.7 Å². The van der Waals surface area contributed by atoms with E-state index in [1.54, 1.807) is 0 Å². The molecule has 1 N–H and O–H groups in total. The second-order valence-electron chi connectivity index (χ2n) is 8.41. The minimum atomic E-state index is -4.90. The van der Waals surface area contributed by atoms with E-state index in [0.29, 0.717) is 10.6 Å². The molecule has 3 aromatic rings. The number of aromatic hydroxyl groups is 1. The molecule has 3 heterocycles. The largest absolute Gasteiger partial charge is 0.493 e. The Morgan fingerprint density at radius 2 is 1.69 bits per heavy atom. The van der Waals surface area contributed by atoms with Crippen LogP contribution in [0.5, 0.6) is 5.88 Å². The Morgan fingerprint density at radius 3 is 2.33 bits per heavy atom. The molecule has 2 aliphatic heterocycles. The van der Waals surface area contributed by atoms with Crippen LogP contribution >= 0.6 is 0 Å². The normalized spacial score (nSPS) is 18.9. The van der Waals surface area contributed by atoms with Gasteiger partial charge in [-0.05, 0) is 30.7 Å². The molecule has 0 saturated carbocycles. The Bertz CT molecular complexity index is 1510. The Labute approximate surface area is 198 Å². The van der Waals surface area contributed by atoms with Crippen LogP contribution in [0.15, 0.2) is 47.3 Å². The molecular weight excluding hydrogens is 494 g/mol. The highest BCUT2D eigenvalue weighted by Crippen LogP contribution is 2.50. The smallest absolute Gasteiger partial charge is 0.417 e. The summed E-state index contributed by atoms with van der Waals surface area (Å²) < 4.78 is 82.4. The molecule has 1 fully saturated rings. The maximum absolute atomic E-state index is 13.4. The third-order valence-corrected chi connectivity index (χ3v) is 6.45. The van der Waals surface area contributed by atoms with E-state index < -0.39 is 64.3 Å². The van der Waals surface area contributed by atoms with E-state index in [1.807, 2.05) is 0 Å². The van der Waals surface area contributed by atoms with E-state index in [2.05, 4.69) is 4.85 Å². The first-order valence-electron chi connectivity index (χ1n) is 10.5. The SMILES string of the molecule is [C-]#[N+]c1ccc(-n2c(O)c3n(c2=O)C2CC3N(C(=O)c3ccccc3C(F)(F)F)C2)cc1C(F)(F)F. The zero-order chi connectivity index (χ0) is 26.2. The third-order valence-electron chi connectivity index (χ3n) is 6.45. The van der Waals surface area contributed by atoms with Crippen molar-refractivity contribution >= 4 is 11.6 Å². The molecule has 1 aromatic heterocycles. The number of likely N-dealkylation sites (tertiary alicyclic amines) is 1. The molecule has 5 rings (SSSR count). The van der Waals surface area contributed by atoms with Gasteiger partial charge in [-0.1, -0.05) is 18.2 Å². The molecule has 186 valence electrons. The van der Waals surface area contributed by atoms with Crippen molar-refractivity contribution in [3.05, 3.63) is 86.8 Å². The van der Waals surface area contributed by atoms with E-state index in [4.69, 9.17) is 6.57 Å². The fraction of sp³-hybridized carbons (Fsp3) is 0.261. The number of hydrogen-bond donors (Lipinski definition) is 1. The van der Waals surface area contributed by atoms with Crippen LogP contribution < -0.4 is 5.69 Å². The number of halogens is 6. The molecule has 0 spiro atoms. The van der Waals surface area contributed by atoms with Crippen LogP contribution in [0.25, 0.3) is 10.5 Å². The number of aromatic nitrogens is 2. The summed E-state index contributed by atoms with van der Waals surface area (Å²) in [6.07, 6.45) is -9.53. The molecule has 36 heavy (non-hydrogen) atoms. The van der Waals surface area contributed by atoms with Crippen LogP contribution in [-0.2, 0) is 12.4 Å². The second-order valence-corrected chi connectivity index (χ2v) is 8.41. The summed E-state index contributed by atoms with van der Waals surface area (Å²) in [5.41, 5.74) is -4.98. The average Bonchev–Trinajstić information content (AvgIpc) is 3.48. The quantitative estimate of drug-likeness (QED) is 0.388. The second kappa shape index (κ2) is 7.64. The summed E-state index contributed by atoms with van der Waals surface area (Å²) in [6, 6.07) is 5.11. The van der Waals surface area contributed by atoms with Crippen molar-refractivity contribution in [3.63, 3.8) is 0 Å². The first-order valence-corrected chi connectivity index (χ1v) is 10.5. The molecule has 2 bridgehead atoms. The lowest BCUT2D eigenvalue weighted by Gasteiger charge is -2.28. The summed E-state index contributed by atoms with van der Waals surface area (Å²) in [5, 5.41) is 10.9. The summed E-state index contributed by atoms with van der Waals surface area (Å²) in [4.78, 5) is 30.2. The Kier molecular flexibility index (Phi) is 5.00. The van der Waals surface area contributed by atoms with Crippen molar-refractivity contribution in [2.45, 2.75) is 30.9 Å². The topological polar surface area (TPSA) is 71.8 Å². The maximum atomic E-state index is 13.4. The molecular formula is C23H14F6N4O3. The molecule has 0 aliphatic carbocycles. The number of alkyl halides is 6. The van der Waals surface area contributed by atoms with E-state index in [0.717, 1.165) is 39.8 Å². The molecule has 1 saturated heterocycles. The van der Waals surface area contributed by atoms with Gasteiger partial charge in [-0.25, -0.2) is 14.2 Å². The van der Waals surface area contributed by atoms with Gasteiger partial charge in [-0.15, -0.1) is 0 Å². The molecule has 0 radical (unpaired) electrons. The lowest BCUT2D eigenvalue weighted by atomic mass is 10.0. The van der Waals surface area contributed by atoms with Crippen LogP contribution in [0, 0.1) is 6.57 Å². The van der Waals surface area contributed by atoms with Crippen LogP contribution in [0.2, 0.25) is 0 Å². The number of rotatable bonds is 2. The lowest BCUT2D eigenvalue weighted by molar-refractivity contribution is -0.138. The average molecular weight is 508 g/mol. The number of imidazole rings is 1. The van der Waals surface area contributed by atoms with Gasteiger partial charge in [0.2, 0.25) is 5.88 Å². The molecule has 7 nitrogen and oxygen atoms in total. The first-order chi connectivity index (χ1) is 16.8. The minimum Gasteiger partial charge on any atom is -0.493 e. The number of fused-ring (bicyclic) bond motifs is 5. The van der Waals surface area contributed by atoms with Crippen LogP contribution in [-0.4, -0.2) is 31.6 Å². The van der Waals surface area contributed by atoms with Gasteiger partial charge in [0, 0.05) is 6.54 Å². The van der Waals surface area contributed by atoms with E-state index in [-0.39, 0.29) is 24.3 Å². The maximum Gasteiger partial charge on any atom is 0.417 e. The number of amides is 1. The van der Waals surface area contributed by atoms with Gasteiger partial charge in [0.05, 0.1) is 41.0 Å². The van der Waals surface area contributed by atoms with Crippen molar-refractivity contribution < 1.29 is 36.2 Å². The van der Waals surface area contributed by atoms with Gasteiger partial charge in [-0.2, -0.15) is 26.3 Å². The fourth-order valence-electron chi connectivity index (χ4n) is 4.96. The summed E-state index contributed by atoms with van der Waals surface area (Å²) in [5.74, 6) is -1.67. The first kappa shape index (κ1) is 23.5. The van der Waals surface area contributed by atoms with Gasteiger partial charge >= 0.3 is 18.0 Å². The number of hydrogen-bond acceptors (Lipinski definition) is 3. The summed E-state index contributed by atoms with van der Waals surface area (Å²) in [6.45, 7) is 6.83. The Hall–Kier alpha value is -4.21. The van der Waals surface area contributed by atoms with E-state index in [9.17, 15) is 41.0 Å². The number of nitrogens with zero attached hydrogens (tertiary/aromatic N) is 4. The third kappa shape index (κ3) is 3.35. The van der Waals surface area contributed by atoms with Gasteiger partial charge in [0.25, 0.3) is 5.91 Å². The molecule has 2 atom stereocenters. The lowest BCUT2D eigenvalue weighted by Crippen LogP contribution is -2.38. The Morgan fingerprint density at radius 1 is 1.03 bits per heavy atom. The molecule has 2 unspecified atom stereocenters. The zero-order valence-corrected chi connectivity index (χ0v) is 17.9. The van der Waals surface area contributed by atoms with Gasteiger partial charge in [0.15, 0.2) is 5.69 Å². The zero-order valence-electron chi connectivity index (χ0n) is 17.9. The van der Waals surface area contributed by atoms with Crippen molar-refractivity contribution in [2.24, 2.45) is 0 Å². The predicted molar refractivity (Wildman–Crippen MR) is 112 cm³/mol. The standard InChI is InChI=1S/C23H14F6N4O3/c1-30-16-7-6-11(8-15(16)23(27,28)29)33-20(35)18-17-9-12(32(18)21(33)36)10-31(17)19(34)13-4-2-3-5-14(13)22(24,25)26/h2-8,12,17,35H,9-10H2. The summed E-state index contributed by atoms with van der Waals surface area (Å²) >= 11 is 0. The number of carbonyl (C=O) groups excluding carboxylic acids is 1.